The van der Waals surface area contributed by atoms with Crippen LogP contribution in [0.5, 0.6) is 0 Å². The van der Waals surface area contributed by atoms with Gasteiger partial charge in [0.15, 0.2) is 6.29 Å². The average Bonchev–Trinajstić information content (AvgIpc) is 3.35. The predicted octanol–water partition coefficient (Wildman–Crippen LogP) is 15.4. The molecule has 0 bridgehead atoms. The topological polar surface area (TPSA) is 149 Å². The van der Waals surface area contributed by atoms with E-state index in [9.17, 15) is 30.3 Å². The maximum absolute atomic E-state index is 13.1. The Morgan fingerprint density at radius 1 is 0.435 bits per heavy atom. The van der Waals surface area contributed by atoms with Gasteiger partial charge in [-0.05, 0) is 12.8 Å². The summed E-state index contributed by atoms with van der Waals surface area (Å²) in [6, 6.07) is -0.713. The van der Waals surface area contributed by atoms with Gasteiger partial charge in [0.1, 0.15) is 24.4 Å². The molecule has 412 valence electrons. The third kappa shape index (κ3) is 40.3. The Morgan fingerprint density at radius 2 is 0.725 bits per heavy atom. The normalized spacial score (nSPS) is 19.3. The minimum atomic E-state index is -1.55. The Bertz CT molecular complexity index is 1050. The highest BCUT2D eigenvalue weighted by Crippen LogP contribution is 2.24. The number of unbranched alkanes of at least 4 members (excludes halogenated alkanes) is 44. The van der Waals surface area contributed by atoms with Crippen LogP contribution in [0.1, 0.15) is 322 Å². The van der Waals surface area contributed by atoms with E-state index in [0.717, 1.165) is 38.5 Å². The van der Waals surface area contributed by atoms with Crippen molar-refractivity contribution >= 4 is 5.91 Å². The zero-order chi connectivity index (χ0) is 50.1. The van der Waals surface area contributed by atoms with Gasteiger partial charge in [0, 0.05) is 6.42 Å². The molecule has 1 heterocycles. The summed E-state index contributed by atoms with van der Waals surface area (Å²) in [5.41, 5.74) is 0. The number of nitrogens with one attached hydrogen (secondary N) is 1. The molecule has 0 radical (unpaired) electrons. The lowest BCUT2D eigenvalue weighted by atomic mass is 9.99. The van der Waals surface area contributed by atoms with E-state index in [0.29, 0.717) is 12.8 Å². The number of rotatable bonds is 54. The van der Waals surface area contributed by atoms with Crippen LogP contribution >= 0.6 is 0 Å². The van der Waals surface area contributed by atoms with Crippen molar-refractivity contribution in [3.63, 3.8) is 0 Å². The molecule has 1 amide bonds. The van der Waals surface area contributed by atoms with Crippen molar-refractivity contribution in [3.8, 4) is 0 Å². The first kappa shape index (κ1) is 66.2. The summed E-state index contributed by atoms with van der Waals surface area (Å²) in [5, 5.41) is 54.7. The van der Waals surface area contributed by atoms with Crippen molar-refractivity contribution in [3.05, 3.63) is 0 Å². The third-order valence-electron chi connectivity index (χ3n) is 15.2. The predicted molar refractivity (Wildman–Crippen MR) is 291 cm³/mol. The van der Waals surface area contributed by atoms with Gasteiger partial charge in [-0.25, -0.2) is 0 Å². The molecule has 0 aromatic rings. The van der Waals surface area contributed by atoms with Crippen LogP contribution in [0.25, 0.3) is 0 Å². The second-order valence-corrected chi connectivity index (χ2v) is 21.9. The lowest BCUT2D eigenvalue weighted by Crippen LogP contribution is -2.60. The quantitative estimate of drug-likeness (QED) is 0.0330. The van der Waals surface area contributed by atoms with Gasteiger partial charge >= 0.3 is 0 Å². The molecule has 6 N–H and O–H groups in total. The molecular weight excluding hydrogens is 863 g/mol. The lowest BCUT2D eigenvalue weighted by Gasteiger charge is -2.40. The Labute approximate surface area is 427 Å². The van der Waals surface area contributed by atoms with Gasteiger partial charge in [0.25, 0.3) is 0 Å². The first-order chi connectivity index (χ1) is 33.8. The second kappa shape index (κ2) is 50.7. The number of hydrogen-bond donors (Lipinski definition) is 6. The molecule has 9 heteroatoms. The van der Waals surface area contributed by atoms with Gasteiger partial charge in [-0.15, -0.1) is 0 Å². The summed E-state index contributed by atoms with van der Waals surface area (Å²) in [6.07, 6.45) is 54.4. The van der Waals surface area contributed by atoms with Gasteiger partial charge in [-0.3, -0.25) is 4.79 Å². The van der Waals surface area contributed by atoms with Crippen LogP contribution in [0, 0.1) is 0 Å². The monoisotopic (exact) mass is 982 g/mol. The smallest absolute Gasteiger partial charge is 0.220 e. The van der Waals surface area contributed by atoms with E-state index in [-0.39, 0.29) is 12.5 Å². The first-order valence-corrected chi connectivity index (χ1v) is 30.7. The summed E-state index contributed by atoms with van der Waals surface area (Å²) in [6.45, 7) is 3.88. The SMILES string of the molecule is CCCCCCCCCCCCCCCCCCCCCCCCCCCCCCCCCC(=O)N[C@@H](CO[C@@H]1O[C@H](CO)[C@H](O)C(O)C1O)[C@H](O)CCCCCCCCCCCCCCCCC. The van der Waals surface area contributed by atoms with E-state index in [1.54, 1.807) is 0 Å². The molecule has 1 saturated heterocycles. The van der Waals surface area contributed by atoms with Gasteiger partial charge in [-0.1, -0.05) is 303 Å². The standard InChI is InChI=1S/C60H119NO8/c1-3-5-7-9-11-13-15-17-19-20-21-22-23-24-25-26-27-28-29-30-31-32-33-34-36-38-40-42-44-46-48-50-56(64)61-53(52-68-60-59(67)58(66)57(65)55(51-62)69-60)54(63)49-47-45-43-41-39-37-35-18-16-14-12-10-8-6-4-2/h53-55,57-60,62-63,65-67H,3-52H2,1-2H3,(H,61,64)/t53-,54+,55+,57-,58?,59?,60+/m0/s1. The van der Waals surface area contributed by atoms with Crippen LogP contribution in [0.2, 0.25) is 0 Å². The Kier molecular flexibility index (Phi) is 48.7. The van der Waals surface area contributed by atoms with Gasteiger partial charge < -0.3 is 40.3 Å². The van der Waals surface area contributed by atoms with E-state index in [1.165, 1.54) is 257 Å². The molecule has 1 rings (SSSR count). The van der Waals surface area contributed by atoms with Crippen LogP contribution in [0.3, 0.4) is 0 Å². The van der Waals surface area contributed by atoms with Crippen molar-refractivity contribution in [1.29, 1.82) is 0 Å². The zero-order valence-electron chi connectivity index (χ0n) is 45.9. The molecular formula is C60H119NO8. The molecule has 7 atom stereocenters. The van der Waals surface area contributed by atoms with Crippen LogP contribution in [-0.2, 0) is 14.3 Å². The average molecular weight is 983 g/mol. The van der Waals surface area contributed by atoms with Gasteiger partial charge in [-0.2, -0.15) is 0 Å². The number of aliphatic hydroxyl groups excluding tert-OH is 5. The number of ether oxygens (including phenoxy) is 2. The zero-order valence-corrected chi connectivity index (χ0v) is 45.9. The second-order valence-electron chi connectivity index (χ2n) is 21.9. The van der Waals surface area contributed by atoms with Crippen LogP contribution in [0.15, 0.2) is 0 Å². The molecule has 1 aliphatic rings. The van der Waals surface area contributed by atoms with Crippen molar-refractivity contribution in [1.82, 2.24) is 5.32 Å². The van der Waals surface area contributed by atoms with E-state index in [1.807, 2.05) is 0 Å². The summed E-state index contributed by atoms with van der Waals surface area (Å²) >= 11 is 0. The highest BCUT2D eigenvalue weighted by molar-refractivity contribution is 5.76. The maximum atomic E-state index is 13.1. The molecule has 0 spiro atoms. The minimum Gasteiger partial charge on any atom is -0.394 e. The Hall–Kier alpha value is -0.810. The molecule has 0 saturated carbocycles. The van der Waals surface area contributed by atoms with E-state index in [4.69, 9.17) is 9.47 Å². The molecule has 0 aromatic carbocycles. The maximum Gasteiger partial charge on any atom is 0.220 e. The van der Waals surface area contributed by atoms with Gasteiger partial charge in [0.05, 0.1) is 25.4 Å². The summed E-state index contributed by atoms with van der Waals surface area (Å²) in [5.74, 6) is -0.136. The molecule has 0 aromatic heterocycles. The van der Waals surface area contributed by atoms with Crippen molar-refractivity contribution < 1.29 is 39.8 Å². The fourth-order valence-corrected chi connectivity index (χ4v) is 10.3. The molecule has 1 fully saturated rings. The van der Waals surface area contributed by atoms with Crippen LogP contribution in [-0.4, -0.2) is 87.5 Å². The number of amides is 1. The summed E-state index contributed by atoms with van der Waals surface area (Å²) in [4.78, 5) is 13.1. The molecule has 1 aliphatic heterocycles. The summed E-state index contributed by atoms with van der Waals surface area (Å²) < 4.78 is 11.3. The van der Waals surface area contributed by atoms with E-state index in [2.05, 4.69) is 19.2 Å². The molecule has 0 aliphatic carbocycles. The minimum absolute atomic E-state index is 0.131. The highest BCUT2D eigenvalue weighted by atomic mass is 16.7. The van der Waals surface area contributed by atoms with Gasteiger partial charge in [0.2, 0.25) is 5.91 Å². The Morgan fingerprint density at radius 3 is 1.03 bits per heavy atom. The highest BCUT2D eigenvalue weighted by Gasteiger charge is 2.44. The van der Waals surface area contributed by atoms with E-state index >= 15 is 0 Å². The largest absolute Gasteiger partial charge is 0.394 e. The van der Waals surface area contributed by atoms with Crippen molar-refractivity contribution in [2.24, 2.45) is 0 Å². The first-order valence-electron chi connectivity index (χ1n) is 30.7. The fraction of sp³-hybridized carbons (Fsp3) is 0.983. The van der Waals surface area contributed by atoms with E-state index < -0.39 is 49.5 Å². The number of hydrogen-bond acceptors (Lipinski definition) is 8. The summed E-state index contributed by atoms with van der Waals surface area (Å²) in [7, 11) is 0. The Balaban J connectivity index is 2.09. The van der Waals surface area contributed by atoms with Crippen molar-refractivity contribution in [2.45, 2.75) is 365 Å². The fourth-order valence-electron chi connectivity index (χ4n) is 10.3. The molecule has 2 unspecified atom stereocenters. The van der Waals surface area contributed by atoms with Crippen LogP contribution in [0.4, 0.5) is 0 Å². The van der Waals surface area contributed by atoms with Crippen molar-refractivity contribution in [2.75, 3.05) is 13.2 Å². The number of aliphatic hydroxyl groups is 5. The molecule has 69 heavy (non-hydrogen) atoms. The third-order valence-corrected chi connectivity index (χ3v) is 15.2. The number of carbonyl (C=O) groups is 1. The lowest BCUT2D eigenvalue weighted by molar-refractivity contribution is -0.302. The number of carbonyl (C=O) groups excluding carboxylic acids is 1. The molecule has 9 nitrogen and oxygen atoms in total. The van der Waals surface area contributed by atoms with Crippen LogP contribution < -0.4 is 5.32 Å².